The van der Waals surface area contributed by atoms with Crippen LogP contribution < -0.4 is 0 Å². The Labute approximate surface area is 99.0 Å². The maximum atomic E-state index is 13.2. The molecule has 0 saturated carbocycles. The molecule has 0 spiro atoms. The molecule has 0 aliphatic carbocycles. The number of imidazole rings is 1. The van der Waals surface area contributed by atoms with E-state index in [-0.39, 0.29) is 5.82 Å². The molecule has 0 N–H and O–H groups in total. The van der Waals surface area contributed by atoms with E-state index in [1.807, 2.05) is 4.57 Å². The van der Waals surface area contributed by atoms with Crippen molar-refractivity contribution < 1.29 is 4.39 Å². The van der Waals surface area contributed by atoms with Crippen LogP contribution in [0.1, 0.15) is 25.6 Å². The largest absolute Gasteiger partial charge is 0.327 e. The molecule has 4 heteroatoms. The fourth-order valence-electron chi connectivity index (χ4n) is 1.81. The Morgan fingerprint density at radius 3 is 2.94 bits per heavy atom. The number of hydrogen-bond acceptors (Lipinski definition) is 1. The smallest absolute Gasteiger partial charge is 0.125 e. The van der Waals surface area contributed by atoms with Gasteiger partial charge in [-0.3, -0.25) is 0 Å². The summed E-state index contributed by atoms with van der Waals surface area (Å²) < 4.78 is 15.2. The van der Waals surface area contributed by atoms with Crippen molar-refractivity contribution in [2.75, 3.05) is 0 Å². The maximum absolute atomic E-state index is 13.2. The molecule has 0 atom stereocenters. The van der Waals surface area contributed by atoms with Crippen LogP contribution in [0.4, 0.5) is 4.39 Å². The molecule has 16 heavy (non-hydrogen) atoms. The van der Waals surface area contributed by atoms with Gasteiger partial charge in [-0.1, -0.05) is 13.3 Å². The fourth-order valence-corrected chi connectivity index (χ4v) is 2.02. The van der Waals surface area contributed by atoms with E-state index in [2.05, 4.69) is 11.9 Å². The van der Waals surface area contributed by atoms with Gasteiger partial charge in [-0.2, -0.15) is 0 Å². The van der Waals surface area contributed by atoms with Gasteiger partial charge in [0.25, 0.3) is 0 Å². The minimum atomic E-state index is -0.230. The fraction of sp³-hybridized carbons (Fsp3) is 0.417. The topological polar surface area (TPSA) is 17.8 Å². The molecule has 0 aliphatic rings. The lowest BCUT2D eigenvalue weighted by molar-refractivity contribution is 0.616. The number of unbranched alkanes of at least 4 members (excludes halogenated alkanes) is 1. The molecule has 86 valence electrons. The van der Waals surface area contributed by atoms with E-state index in [4.69, 9.17) is 11.6 Å². The van der Waals surface area contributed by atoms with Gasteiger partial charge >= 0.3 is 0 Å². The molecule has 0 unspecified atom stereocenters. The summed E-state index contributed by atoms with van der Waals surface area (Å²) in [4.78, 5) is 4.39. The maximum Gasteiger partial charge on any atom is 0.125 e. The number of nitrogens with zero attached hydrogens (tertiary/aromatic N) is 2. The summed E-state index contributed by atoms with van der Waals surface area (Å²) in [6.45, 7) is 2.97. The van der Waals surface area contributed by atoms with Crippen LogP contribution in [0.25, 0.3) is 11.0 Å². The highest BCUT2D eigenvalue weighted by Crippen LogP contribution is 2.19. The molecule has 0 fully saturated rings. The van der Waals surface area contributed by atoms with Crippen LogP contribution in [0.3, 0.4) is 0 Å². The van der Waals surface area contributed by atoms with E-state index < -0.39 is 0 Å². The molecule has 2 aromatic rings. The number of halogens is 2. The lowest BCUT2D eigenvalue weighted by Gasteiger charge is -2.06. The normalized spacial score (nSPS) is 11.2. The highest BCUT2D eigenvalue weighted by molar-refractivity contribution is 6.16. The average molecular weight is 241 g/mol. The summed E-state index contributed by atoms with van der Waals surface area (Å²) in [5.41, 5.74) is 1.65. The Kier molecular flexibility index (Phi) is 3.44. The van der Waals surface area contributed by atoms with E-state index in [0.717, 1.165) is 36.2 Å². The van der Waals surface area contributed by atoms with E-state index in [1.165, 1.54) is 12.1 Å². The highest BCUT2D eigenvalue weighted by Gasteiger charge is 2.09. The second-order valence-corrected chi connectivity index (χ2v) is 4.07. The summed E-state index contributed by atoms with van der Waals surface area (Å²) in [5.74, 6) is 0.946. The predicted molar refractivity (Wildman–Crippen MR) is 64.2 cm³/mol. The van der Waals surface area contributed by atoms with Gasteiger partial charge < -0.3 is 4.57 Å². The molecule has 2 rings (SSSR count). The van der Waals surface area contributed by atoms with Gasteiger partial charge in [-0.15, -0.1) is 11.6 Å². The Balaban J connectivity index is 2.52. The van der Waals surface area contributed by atoms with Crippen molar-refractivity contribution in [3.63, 3.8) is 0 Å². The van der Waals surface area contributed by atoms with Crippen LogP contribution in [0, 0.1) is 5.82 Å². The van der Waals surface area contributed by atoms with Gasteiger partial charge in [0.2, 0.25) is 0 Å². The van der Waals surface area contributed by atoms with Crippen LogP contribution in [-0.2, 0) is 12.4 Å². The van der Waals surface area contributed by atoms with Crippen LogP contribution in [0.5, 0.6) is 0 Å². The molecule has 1 aromatic carbocycles. The predicted octanol–water partition coefficient (Wildman–Crippen LogP) is 3.71. The zero-order valence-corrected chi connectivity index (χ0v) is 9.97. The van der Waals surface area contributed by atoms with Gasteiger partial charge in [-0.05, 0) is 24.6 Å². The van der Waals surface area contributed by atoms with Gasteiger partial charge in [0.15, 0.2) is 0 Å². The molecule has 0 amide bonds. The van der Waals surface area contributed by atoms with Crippen molar-refractivity contribution in [1.82, 2.24) is 9.55 Å². The minimum absolute atomic E-state index is 0.230. The van der Waals surface area contributed by atoms with Crippen LogP contribution in [0.2, 0.25) is 0 Å². The molecule has 0 radical (unpaired) electrons. The molecule has 0 saturated heterocycles. The Bertz CT molecular complexity index is 493. The first-order chi connectivity index (χ1) is 7.76. The third kappa shape index (κ3) is 2.05. The lowest BCUT2D eigenvalue weighted by Crippen LogP contribution is -2.02. The van der Waals surface area contributed by atoms with Crippen molar-refractivity contribution in [2.24, 2.45) is 0 Å². The number of fused-ring (bicyclic) bond motifs is 1. The van der Waals surface area contributed by atoms with E-state index in [1.54, 1.807) is 6.07 Å². The average Bonchev–Trinajstić information content (AvgIpc) is 2.63. The summed E-state index contributed by atoms with van der Waals surface area (Å²) in [6.07, 6.45) is 2.14. The summed E-state index contributed by atoms with van der Waals surface area (Å²) in [5, 5.41) is 0. The zero-order chi connectivity index (χ0) is 11.5. The number of alkyl halides is 1. The summed E-state index contributed by atoms with van der Waals surface area (Å²) in [6, 6.07) is 4.65. The Hall–Kier alpha value is -1.09. The zero-order valence-electron chi connectivity index (χ0n) is 9.21. The van der Waals surface area contributed by atoms with Crippen molar-refractivity contribution >= 4 is 22.6 Å². The molecular formula is C12H14ClFN2. The second-order valence-electron chi connectivity index (χ2n) is 3.80. The summed E-state index contributed by atoms with van der Waals surface area (Å²) >= 11 is 5.85. The summed E-state index contributed by atoms with van der Waals surface area (Å²) in [7, 11) is 0. The number of rotatable bonds is 4. The minimum Gasteiger partial charge on any atom is -0.327 e. The number of hydrogen-bond donors (Lipinski definition) is 0. The van der Waals surface area contributed by atoms with Crippen molar-refractivity contribution in [2.45, 2.75) is 32.2 Å². The molecule has 1 aromatic heterocycles. The SMILES string of the molecule is CCCCn1c(CCl)nc2ccc(F)cc21. The third-order valence-electron chi connectivity index (χ3n) is 2.64. The van der Waals surface area contributed by atoms with Gasteiger partial charge in [-0.25, -0.2) is 9.37 Å². The molecule has 2 nitrogen and oxygen atoms in total. The molecule has 1 heterocycles. The van der Waals surface area contributed by atoms with Crippen LogP contribution in [0.15, 0.2) is 18.2 Å². The molecule has 0 aliphatic heterocycles. The Morgan fingerprint density at radius 1 is 1.44 bits per heavy atom. The first-order valence-corrected chi connectivity index (χ1v) is 6.00. The first kappa shape index (κ1) is 11.4. The van der Waals surface area contributed by atoms with Crippen LogP contribution in [-0.4, -0.2) is 9.55 Å². The lowest BCUT2D eigenvalue weighted by atomic mass is 10.3. The Morgan fingerprint density at radius 2 is 2.25 bits per heavy atom. The molecular weight excluding hydrogens is 227 g/mol. The highest BCUT2D eigenvalue weighted by atomic mass is 35.5. The van der Waals surface area contributed by atoms with E-state index in [9.17, 15) is 4.39 Å². The first-order valence-electron chi connectivity index (χ1n) is 5.47. The van der Waals surface area contributed by atoms with E-state index in [0.29, 0.717) is 5.88 Å². The van der Waals surface area contributed by atoms with Crippen LogP contribution >= 0.6 is 11.6 Å². The quantitative estimate of drug-likeness (QED) is 0.745. The van der Waals surface area contributed by atoms with E-state index >= 15 is 0 Å². The number of benzene rings is 1. The monoisotopic (exact) mass is 240 g/mol. The van der Waals surface area contributed by atoms with Crippen molar-refractivity contribution in [3.05, 3.63) is 29.8 Å². The van der Waals surface area contributed by atoms with Crippen molar-refractivity contribution in [3.8, 4) is 0 Å². The third-order valence-corrected chi connectivity index (χ3v) is 2.88. The number of aromatic nitrogens is 2. The second kappa shape index (κ2) is 4.83. The van der Waals surface area contributed by atoms with Gasteiger partial charge in [0, 0.05) is 6.54 Å². The standard InChI is InChI=1S/C12H14ClFN2/c1-2-3-6-16-11-7-9(14)4-5-10(11)15-12(16)8-13/h4-5,7H,2-3,6,8H2,1H3. The molecule has 0 bridgehead atoms. The van der Waals surface area contributed by atoms with Gasteiger partial charge in [0.05, 0.1) is 16.9 Å². The number of aryl methyl sites for hydroxylation is 1. The van der Waals surface area contributed by atoms with Gasteiger partial charge in [0.1, 0.15) is 11.6 Å². The van der Waals surface area contributed by atoms with Crippen molar-refractivity contribution in [1.29, 1.82) is 0 Å².